The highest BCUT2D eigenvalue weighted by Gasteiger charge is 2.40. The first-order valence-corrected chi connectivity index (χ1v) is 7.82. The summed E-state index contributed by atoms with van der Waals surface area (Å²) in [5.41, 5.74) is -0.167. The van der Waals surface area contributed by atoms with Crippen molar-refractivity contribution in [1.29, 1.82) is 0 Å². The molecule has 1 N–H and O–H groups in total. The van der Waals surface area contributed by atoms with E-state index in [1.165, 1.54) is 0 Å². The molecule has 0 aromatic rings. The number of morpholine rings is 1. The van der Waals surface area contributed by atoms with Gasteiger partial charge in [-0.3, -0.25) is 9.69 Å². The molecule has 1 atom stereocenters. The Bertz CT molecular complexity index is 329. The van der Waals surface area contributed by atoms with Crippen LogP contribution in [0.15, 0.2) is 0 Å². The van der Waals surface area contributed by atoms with Crippen LogP contribution in [-0.4, -0.2) is 71.8 Å². The summed E-state index contributed by atoms with van der Waals surface area (Å²) < 4.78 is 5.43. The number of carboxylic acids is 1. The lowest BCUT2D eigenvalue weighted by molar-refractivity contribution is -0.142. The largest absolute Gasteiger partial charge is 0.481 e. The van der Waals surface area contributed by atoms with Crippen LogP contribution < -0.4 is 0 Å². The Morgan fingerprint density at radius 1 is 1.20 bits per heavy atom. The third-order valence-corrected chi connectivity index (χ3v) is 4.84. The van der Waals surface area contributed by atoms with E-state index in [1.54, 1.807) is 0 Å². The Hall–Kier alpha value is -0.650. The van der Waals surface area contributed by atoms with Gasteiger partial charge >= 0.3 is 5.97 Å². The normalized spacial score (nSPS) is 30.4. The molecule has 2 rings (SSSR count). The van der Waals surface area contributed by atoms with Gasteiger partial charge in [0.1, 0.15) is 0 Å². The highest BCUT2D eigenvalue weighted by molar-refractivity contribution is 5.68. The molecule has 1 unspecified atom stereocenters. The average molecular weight is 284 g/mol. The number of nitrogens with zero attached hydrogens (tertiary/aromatic N) is 2. The first-order chi connectivity index (χ1) is 9.53. The lowest BCUT2D eigenvalue weighted by atomic mass is 9.84. The van der Waals surface area contributed by atoms with Crippen molar-refractivity contribution in [1.82, 2.24) is 9.80 Å². The molecular weight excluding hydrogens is 256 g/mol. The van der Waals surface area contributed by atoms with Crippen LogP contribution in [0.5, 0.6) is 0 Å². The number of carboxylic acid groups (broad SMARTS) is 1. The second-order valence-corrected chi connectivity index (χ2v) is 6.38. The molecule has 2 aliphatic heterocycles. The summed E-state index contributed by atoms with van der Waals surface area (Å²) in [4.78, 5) is 16.2. The fourth-order valence-corrected chi connectivity index (χ4v) is 3.64. The van der Waals surface area contributed by atoms with Crippen LogP contribution in [0.2, 0.25) is 0 Å². The van der Waals surface area contributed by atoms with Gasteiger partial charge in [0.15, 0.2) is 0 Å². The molecule has 2 fully saturated rings. The van der Waals surface area contributed by atoms with Crippen molar-refractivity contribution < 1.29 is 14.6 Å². The van der Waals surface area contributed by atoms with E-state index in [2.05, 4.69) is 23.6 Å². The predicted octanol–water partition coefficient (Wildman–Crippen LogP) is 1.43. The molecule has 0 aromatic heterocycles. The molecular formula is C15H28N2O3. The molecule has 0 bridgehead atoms. The molecule has 2 aliphatic rings. The molecule has 20 heavy (non-hydrogen) atoms. The van der Waals surface area contributed by atoms with E-state index in [0.29, 0.717) is 6.04 Å². The fraction of sp³-hybridized carbons (Fsp3) is 0.933. The second-order valence-electron chi connectivity index (χ2n) is 6.38. The third kappa shape index (κ3) is 3.71. The number of aliphatic carboxylic acids is 1. The molecule has 0 saturated carbocycles. The topological polar surface area (TPSA) is 53.0 Å². The predicted molar refractivity (Wildman–Crippen MR) is 77.9 cm³/mol. The van der Waals surface area contributed by atoms with Crippen LogP contribution in [-0.2, 0) is 9.53 Å². The smallest absolute Gasteiger partial charge is 0.305 e. The van der Waals surface area contributed by atoms with Gasteiger partial charge in [0, 0.05) is 31.2 Å². The van der Waals surface area contributed by atoms with Crippen LogP contribution in [0.1, 0.15) is 39.5 Å². The lowest BCUT2D eigenvalue weighted by Gasteiger charge is -2.45. The van der Waals surface area contributed by atoms with Gasteiger partial charge in [-0.1, -0.05) is 0 Å². The summed E-state index contributed by atoms with van der Waals surface area (Å²) >= 11 is 0. The van der Waals surface area contributed by atoms with E-state index >= 15 is 0 Å². The molecule has 0 aromatic carbocycles. The number of rotatable bonds is 4. The lowest BCUT2D eigenvalue weighted by Crippen LogP contribution is -2.55. The number of likely N-dealkylation sites (tertiary alicyclic amines) is 1. The van der Waals surface area contributed by atoms with Gasteiger partial charge in [0.25, 0.3) is 0 Å². The van der Waals surface area contributed by atoms with E-state index in [1.807, 2.05) is 0 Å². The van der Waals surface area contributed by atoms with Crippen LogP contribution >= 0.6 is 0 Å². The van der Waals surface area contributed by atoms with Gasteiger partial charge in [-0.2, -0.15) is 0 Å². The first-order valence-electron chi connectivity index (χ1n) is 7.82. The van der Waals surface area contributed by atoms with Crippen molar-refractivity contribution in [3.63, 3.8) is 0 Å². The molecule has 2 saturated heterocycles. The van der Waals surface area contributed by atoms with E-state index in [0.717, 1.165) is 58.7 Å². The fourth-order valence-electron chi connectivity index (χ4n) is 3.64. The number of carbonyl (C=O) groups is 1. The molecule has 0 amide bonds. The van der Waals surface area contributed by atoms with Gasteiger partial charge in [0.2, 0.25) is 0 Å². The van der Waals surface area contributed by atoms with Crippen LogP contribution in [0, 0.1) is 0 Å². The number of ether oxygens (including phenoxy) is 1. The Morgan fingerprint density at radius 3 is 2.50 bits per heavy atom. The number of hydrogen-bond donors (Lipinski definition) is 1. The minimum atomic E-state index is -0.672. The van der Waals surface area contributed by atoms with E-state index < -0.39 is 5.97 Å². The van der Waals surface area contributed by atoms with E-state index in [4.69, 9.17) is 4.74 Å². The van der Waals surface area contributed by atoms with Crippen LogP contribution in [0.3, 0.4) is 0 Å². The third-order valence-electron chi connectivity index (χ3n) is 4.84. The van der Waals surface area contributed by atoms with E-state index in [9.17, 15) is 9.90 Å². The zero-order valence-electron chi connectivity index (χ0n) is 12.8. The Kier molecular flexibility index (Phi) is 5.41. The standard InChI is InChI=1S/C15H28N2O3/c1-13(2)16-6-3-4-15(5-7-16,12-14(18)19)17-8-10-20-11-9-17/h13H,3-12H2,1-2H3,(H,18,19). The zero-order valence-corrected chi connectivity index (χ0v) is 12.8. The van der Waals surface area contributed by atoms with Gasteiger partial charge in [-0.05, 0) is 39.7 Å². The van der Waals surface area contributed by atoms with Crippen molar-refractivity contribution in [3.8, 4) is 0 Å². The zero-order chi connectivity index (χ0) is 14.6. The second kappa shape index (κ2) is 6.87. The summed E-state index contributed by atoms with van der Waals surface area (Å²) in [6.07, 6.45) is 3.29. The van der Waals surface area contributed by atoms with Crippen LogP contribution in [0.4, 0.5) is 0 Å². The molecule has 0 radical (unpaired) electrons. The minimum absolute atomic E-state index is 0.167. The molecule has 0 spiro atoms. The van der Waals surface area contributed by atoms with Gasteiger partial charge in [0.05, 0.1) is 19.6 Å². The van der Waals surface area contributed by atoms with E-state index in [-0.39, 0.29) is 12.0 Å². The molecule has 0 aliphatic carbocycles. The summed E-state index contributed by atoms with van der Waals surface area (Å²) in [6.45, 7) is 9.73. The summed E-state index contributed by atoms with van der Waals surface area (Å²) in [5, 5.41) is 9.36. The monoisotopic (exact) mass is 284 g/mol. The molecule has 5 nitrogen and oxygen atoms in total. The van der Waals surface area contributed by atoms with Crippen LogP contribution in [0.25, 0.3) is 0 Å². The van der Waals surface area contributed by atoms with Gasteiger partial charge in [-0.25, -0.2) is 0 Å². The average Bonchev–Trinajstić information content (AvgIpc) is 2.63. The SMILES string of the molecule is CC(C)N1CCCC(CC(=O)O)(N2CCOCC2)CC1. The summed E-state index contributed by atoms with van der Waals surface area (Å²) in [7, 11) is 0. The maximum Gasteiger partial charge on any atom is 0.305 e. The summed E-state index contributed by atoms with van der Waals surface area (Å²) in [6, 6.07) is 0.542. The van der Waals surface area contributed by atoms with Crippen molar-refractivity contribution in [3.05, 3.63) is 0 Å². The first kappa shape index (κ1) is 15.7. The quantitative estimate of drug-likeness (QED) is 0.846. The Morgan fingerprint density at radius 2 is 1.90 bits per heavy atom. The summed E-state index contributed by atoms with van der Waals surface area (Å²) in [5.74, 6) is -0.672. The minimum Gasteiger partial charge on any atom is -0.481 e. The van der Waals surface area contributed by atoms with Gasteiger partial charge in [-0.15, -0.1) is 0 Å². The Balaban J connectivity index is 2.11. The molecule has 5 heteroatoms. The highest BCUT2D eigenvalue weighted by atomic mass is 16.5. The van der Waals surface area contributed by atoms with Crippen molar-refractivity contribution >= 4 is 5.97 Å². The Labute approximate surface area is 121 Å². The molecule has 116 valence electrons. The highest BCUT2D eigenvalue weighted by Crippen LogP contribution is 2.33. The molecule has 2 heterocycles. The van der Waals surface area contributed by atoms with Crippen molar-refractivity contribution in [2.24, 2.45) is 0 Å². The maximum absolute atomic E-state index is 11.4. The van der Waals surface area contributed by atoms with Gasteiger partial charge < -0.3 is 14.7 Å². The number of hydrogen-bond acceptors (Lipinski definition) is 4. The maximum atomic E-state index is 11.4. The van der Waals surface area contributed by atoms with Crippen molar-refractivity contribution in [2.75, 3.05) is 39.4 Å². The van der Waals surface area contributed by atoms with Crippen molar-refractivity contribution in [2.45, 2.75) is 51.1 Å².